The summed E-state index contributed by atoms with van der Waals surface area (Å²) in [4.78, 5) is 13.3. The van der Waals surface area contributed by atoms with Crippen molar-refractivity contribution < 1.29 is 0 Å². The van der Waals surface area contributed by atoms with Crippen LogP contribution in [-0.2, 0) is 19.4 Å². The Morgan fingerprint density at radius 1 is 1.22 bits per heavy atom. The zero-order valence-electron chi connectivity index (χ0n) is 10.5. The maximum absolute atomic E-state index is 4.68. The molecule has 0 spiro atoms. The molecular formula is C14H16N4. The molecule has 4 nitrogen and oxygen atoms in total. The average Bonchev–Trinajstić information content (AvgIpc) is 2.40. The molecule has 1 aliphatic heterocycles. The predicted molar refractivity (Wildman–Crippen MR) is 69.2 cm³/mol. The van der Waals surface area contributed by atoms with Crippen LogP contribution in [0.1, 0.15) is 28.3 Å². The van der Waals surface area contributed by atoms with Crippen LogP contribution in [0.2, 0.25) is 0 Å². The van der Waals surface area contributed by atoms with Crippen molar-refractivity contribution in [3.63, 3.8) is 0 Å². The highest BCUT2D eigenvalue weighted by Gasteiger charge is 2.14. The zero-order valence-corrected chi connectivity index (χ0v) is 10.5. The Balaban J connectivity index is 1.91. The highest BCUT2D eigenvalue weighted by atomic mass is 15.0. The summed E-state index contributed by atoms with van der Waals surface area (Å²) in [6.45, 7) is 3.98. The van der Waals surface area contributed by atoms with Crippen molar-refractivity contribution in [1.82, 2.24) is 20.3 Å². The van der Waals surface area contributed by atoms with Crippen LogP contribution in [0, 0.1) is 6.92 Å². The maximum Gasteiger partial charge on any atom is 0.133 e. The summed E-state index contributed by atoms with van der Waals surface area (Å²) in [6.07, 6.45) is 5.43. The molecule has 0 atom stereocenters. The SMILES string of the molecule is Cc1nc(Cc2ccncc2)nc2c1CCNC2. The van der Waals surface area contributed by atoms with Gasteiger partial charge in [-0.05, 0) is 43.1 Å². The largest absolute Gasteiger partial charge is 0.311 e. The van der Waals surface area contributed by atoms with Crippen molar-refractivity contribution >= 4 is 0 Å². The number of rotatable bonds is 2. The molecule has 2 aromatic rings. The molecule has 0 fully saturated rings. The second-order valence-electron chi connectivity index (χ2n) is 4.61. The first-order valence-electron chi connectivity index (χ1n) is 6.28. The van der Waals surface area contributed by atoms with Crippen LogP contribution in [0.25, 0.3) is 0 Å². The molecule has 3 rings (SSSR count). The lowest BCUT2D eigenvalue weighted by molar-refractivity contribution is 0.613. The Kier molecular flexibility index (Phi) is 3.02. The lowest BCUT2D eigenvalue weighted by Crippen LogP contribution is -2.26. The number of fused-ring (bicyclic) bond motifs is 1. The van der Waals surface area contributed by atoms with Crippen molar-refractivity contribution in [3.8, 4) is 0 Å². The minimum atomic E-state index is 0.774. The van der Waals surface area contributed by atoms with Crippen LogP contribution in [0.5, 0.6) is 0 Å². The van der Waals surface area contributed by atoms with Gasteiger partial charge >= 0.3 is 0 Å². The molecule has 1 aliphatic rings. The van der Waals surface area contributed by atoms with Crippen molar-refractivity contribution in [2.24, 2.45) is 0 Å². The van der Waals surface area contributed by atoms with E-state index in [0.29, 0.717) is 0 Å². The first kappa shape index (κ1) is 11.3. The average molecular weight is 240 g/mol. The molecule has 0 saturated carbocycles. The van der Waals surface area contributed by atoms with Gasteiger partial charge in [0.05, 0.1) is 5.69 Å². The minimum Gasteiger partial charge on any atom is -0.311 e. The van der Waals surface area contributed by atoms with Crippen LogP contribution in [0.4, 0.5) is 0 Å². The van der Waals surface area contributed by atoms with E-state index in [4.69, 9.17) is 0 Å². The Morgan fingerprint density at radius 3 is 2.89 bits per heavy atom. The molecule has 3 heterocycles. The molecule has 4 heteroatoms. The highest BCUT2D eigenvalue weighted by molar-refractivity contribution is 5.28. The standard InChI is InChI=1S/C14H16N4/c1-10-12-4-7-16-9-13(12)18-14(17-10)8-11-2-5-15-6-3-11/h2-3,5-6,16H,4,7-9H2,1H3. The Bertz CT molecular complexity index is 551. The lowest BCUT2D eigenvalue weighted by Gasteiger charge is -2.18. The molecule has 0 amide bonds. The topological polar surface area (TPSA) is 50.7 Å². The highest BCUT2D eigenvalue weighted by Crippen LogP contribution is 2.16. The van der Waals surface area contributed by atoms with Gasteiger partial charge in [-0.25, -0.2) is 9.97 Å². The first-order valence-corrected chi connectivity index (χ1v) is 6.28. The molecule has 0 aromatic carbocycles. The predicted octanol–water partition coefficient (Wildman–Crippen LogP) is 1.42. The zero-order chi connectivity index (χ0) is 12.4. The summed E-state index contributed by atoms with van der Waals surface area (Å²) in [5, 5.41) is 3.36. The van der Waals surface area contributed by atoms with Gasteiger partial charge in [-0.15, -0.1) is 0 Å². The Labute approximate surface area is 107 Å². The molecule has 0 aliphatic carbocycles. The fraction of sp³-hybridized carbons (Fsp3) is 0.357. The fourth-order valence-corrected chi connectivity index (χ4v) is 2.37. The molecule has 92 valence electrons. The smallest absolute Gasteiger partial charge is 0.133 e. The van der Waals surface area contributed by atoms with Gasteiger partial charge in [0.2, 0.25) is 0 Å². The summed E-state index contributed by atoms with van der Waals surface area (Å²) < 4.78 is 0. The summed E-state index contributed by atoms with van der Waals surface area (Å²) in [5.74, 6) is 0.904. The fourth-order valence-electron chi connectivity index (χ4n) is 2.37. The van der Waals surface area contributed by atoms with E-state index >= 15 is 0 Å². The van der Waals surface area contributed by atoms with Gasteiger partial charge in [-0.2, -0.15) is 0 Å². The summed E-state index contributed by atoms with van der Waals surface area (Å²) in [5.41, 5.74) is 4.82. The quantitative estimate of drug-likeness (QED) is 0.862. The number of aryl methyl sites for hydroxylation is 1. The van der Waals surface area contributed by atoms with Gasteiger partial charge in [0.1, 0.15) is 5.82 Å². The monoisotopic (exact) mass is 240 g/mol. The van der Waals surface area contributed by atoms with Crippen LogP contribution in [-0.4, -0.2) is 21.5 Å². The van der Waals surface area contributed by atoms with E-state index in [9.17, 15) is 0 Å². The van der Waals surface area contributed by atoms with E-state index in [1.54, 1.807) is 0 Å². The number of hydrogen-bond donors (Lipinski definition) is 1. The normalized spacial score (nSPS) is 14.3. The number of hydrogen-bond acceptors (Lipinski definition) is 4. The maximum atomic E-state index is 4.68. The minimum absolute atomic E-state index is 0.774. The summed E-state index contributed by atoms with van der Waals surface area (Å²) in [7, 11) is 0. The molecule has 18 heavy (non-hydrogen) atoms. The number of nitrogens with zero attached hydrogens (tertiary/aromatic N) is 3. The summed E-state index contributed by atoms with van der Waals surface area (Å²) in [6, 6.07) is 4.02. The van der Waals surface area contributed by atoms with Crippen LogP contribution in [0.15, 0.2) is 24.5 Å². The van der Waals surface area contributed by atoms with Crippen molar-refractivity contribution in [3.05, 3.63) is 52.9 Å². The molecule has 0 saturated heterocycles. The molecular weight excluding hydrogens is 224 g/mol. The van der Waals surface area contributed by atoms with Crippen molar-refractivity contribution in [1.29, 1.82) is 0 Å². The number of pyridine rings is 1. The van der Waals surface area contributed by atoms with Gasteiger partial charge in [0.25, 0.3) is 0 Å². The van der Waals surface area contributed by atoms with E-state index in [1.807, 2.05) is 24.5 Å². The van der Waals surface area contributed by atoms with Crippen molar-refractivity contribution in [2.75, 3.05) is 6.54 Å². The van der Waals surface area contributed by atoms with E-state index in [0.717, 1.165) is 43.1 Å². The van der Waals surface area contributed by atoms with Gasteiger partial charge in [0, 0.05) is 31.1 Å². The molecule has 1 N–H and O–H groups in total. The third kappa shape index (κ3) is 2.24. The molecule has 0 radical (unpaired) electrons. The summed E-state index contributed by atoms with van der Waals surface area (Å²) >= 11 is 0. The molecule has 0 unspecified atom stereocenters. The first-order chi connectivity index (χ1) is 8.83. The lowest BCUT2D eigenvalue weighted by atomic mass is 10.0. The van der Waals surface area contributed by atoms with Crippen LogP contribution < -0.4 is 5.32 Å². The molecule has 0 bridgehead atoms. The number of aromatic nitrogens is 3. The Morgan fingerprint density at radius 2 is 2.06 bits per heavy atom. The van der Waals surface area contributed by atoms with E-state index < -0.39 is 0 Å². The third-order valence-corrected chi connectivity index (χ3v) is 3.30. The van der Waals surface area contributed by atoms with E-state index in [-0.39, 0.29) is 0 Å². The van der Waals surface area contributed by atoms with Gasteiger partial charge in [-0.3, -0.25) is 4.98 Å². The van der Waals surface area contributed by atoms with Gasteiger partial charge in [0.15, 0.2) is 0 Å². The second kappa shape index (κ2) is 4.82. The van der Waals surface area contributed by atoms with E-state index in [2.05, 4.69) is 27.2 Å². The number of nitrogens with one attached hydrogen (secondary N) is 1. The van der Waals surface area contributed by atoms with Gasteiger partial charge in [-0.1, -0.05) is 0 Å². The van der Waals surface area contributed by atoms with Crippen molar-refractivity contribution in [2.45, 2.75) is 26.3 Å². The van der Waals surface area contributed by atoms with Crippen LogP contribution >= 0.6 is 0 Å². The Hall–Kier alpha value is -1.81. The van der Waals surface area contributed by atoms with E-state index in [1.165, 1.54) is 11.1 Å². The van der Waals surface area contributed by atoms with Gasteiger partial charge < -0.3 is 5.32 Å². The third-order valence-electron chi connectivity index (χ3n) is 3.30. The second-order valence-corrected chi connectivity index (χ2v) is 4.61. The molecule has 2 aromatic heterocycles. The van der Waals surface area contributed by atoms with Crippen LogP contribution in [0.3, 0.4) is 0 Å².